The summed E-state index contributed by atoms with van der Waals surface area (Å²) in [6, 6.07) is 7.77. The Morgan fingerprint density at radius 3 is 2.42 bits per heavy atom. The van der Waals surface area contributed by atoms with Crippen LogP contribution in [0.5, 0.6) is 0 Å². The van der Waals surface area contributed by atoms with Gasteiger partial charge in [0.05, 0.1) is 7.11 Å². The fourth-order valence-corrected chi connectivity index (χ4v) is 3.52. The van der Waals surface area contributed by atoms with Crippen LogP contribution in [0.1, 0.15) is 39.2 Å². The van der Waals surface area contributed by atoms with Gasteiger partial charge in [0.15, 0.2) is 0 Å². The van der Waals surface area contributed by atoms with Crippen molar-refractivity contribution in [1.29, 1.82) is 0 Å². The molecular weight excluding hydrogens is 400 g/mol. The van der Waals surface area contributed by atoms with Crippen LogP contribution >= 0.6 is 15.9 Å². The molecule has 1 aromatic rings. The second kappa shape index (κ2) is 7.96. The van der Waals surface area contributed by atoms with Gasteiger partial charge >= 0.3 is 6.09 Å². The largest absolute Gasteiger partial charge is 0.444 e. The molecule has 0 spiro atoms. The minimum Gasteiger partial charge on any atom is -0.444 e. The summed E-state index contributed by atoms with van der Waals surface area (Å²) in [5, 5.41) is 1.20. The molecule has 144 valence electrons. The third-order valence-electron chi connectivity index (χ3n) is 4.47. The van der Waals surface area contributed by atoms with E-state index in [2.05, 4.69) is 15.9 Å². The van der Waals surface area contributed by atoms with Crippen LogP contribution in [0.3, 0.4) is 0 Å². The maximum absolute atomic E-state index is 13.2. The molecule has 1 aliphatic rings. The smallest absolute Gasteiger partial charge is 0.411 e. The number of carbonyl (C=O) groups excluding carboxylic acids is 2. The van der Waals surface area contributed by atoms with Gasteiger partial charge in [0, 0.05) is 24.5 Å². The van der Waals surface area contributed by atoms with Crippen LogP contribution in [0.2, 0.25) is 0 Å². The highest BCUT2D eigenvalue weighted by atomic mass is 79.9. The summed E-state index contributed by atoms with van der Waals surface area (Å²) in [6.07, 6.45) is 1.24. The maximum atomic E-state index is 13.2. The fourth-order valence-electron chi connectivity index (χ4n) is 3.26. The molecular formula is C19H27BrN2O4. The predicted octanol–water partition coefficient (Wildman–Crippen LogP) is 3.78. The second-order valence-electron chi connectivity index (χ2n) is 7.56. The summed E-state index contributed by atoms with van der Waals surface area (Å²) < 4.78 is 6.53. The van der Waals surface area contributed by atoms with Crippen LogP contribution < -0.4 is 0 Å². The van der Waals surface area contributed by atoms with Crippen LogP contribution in [-0.2, 0) is 20.8 Å². The number of carbonyl (C=O) groups is 2. The number of hydrogen-bond acceptors (Lipinski definition) is 4. The molecule has 0 bridgehead atoms. The number of hydroxylamine groups is 2. The van der Waals surface area contributed by atoms with Crippen molar-refractivity contribution in [3.63, 3.8) is 0 Å². The molecule has 0 N–H and O–H groups in total. The molecule has 1 heterocycles. The molecule has 0 aliphatic carbocycles. The minimum absolute atomic E-state index is 0.244. The number of likely N-dealkylation sites (tertiary alicyclic amines) is 1. The highest BCUT2D eigenvalue weighted by molar-refractivity contribution is 9.10. The number of benzene rings is 1. The first kappa shape index (κ1) is 20.7. The van der Waals surface area contributed by atoms with E-state index < -0.39 is 17.2 Å². The van der Waals surface area contributed by atoms with Crippen molar-refractivity contribution in [3.8, 4) is 0 Å². The summed E-state index contributed by atoms with van der Waals surface area (Å²) in [5.74, 6) is -0.244. The Labute approximate surface area is 163 Å². The Hall–Kier alpha value is -1.60. The molecule has 1 saturated heterocycles. The van der Waals surface area contributed by atoms with Crippen molar-refractivity contribution in [1.82, 2.24) is 9.96 Å². The third kappa shape index (κ3) is 4.57. The van der Waals surface area contributed by atoms with E-state index in [1.807, 2.05) is 45.0 Å². The van der Waals surface area contributed by atoms with Gasteiger partial charge in [0.25, 0.3) is 5.91 Å². The fraction of sp³-hybridized carbons (Fsp3) is 0.579. The molecule has 7 heteroatoms. The van der Waals surface area contributed by atoms with E-state index in [0.717, 1.165) is 16.5 Å². The molecule has 0 aromatic heterocycles. The van der Waals surface area contributed by atoms with Crippen molar-refractivity contribution in [3.05, 3.63) is 34.3 Å². The van der Waals surface area contributed by atoms with Crippen molar-refractivity contribution in [2.75, 3.05) is 20.7 Å². The zero-order valence-corrected chi connectivity index (χ0v) is 17.6. The van der Waals surface area contributed by atoms with E-state index in [1.165, 1.54) is 12.2 Å². The van der Waals surface area contributed by atoms with Gasteiger partial charge in [-0.05, 0) is 51.3 Å². The lowest BCUT2D eigenvalue weighted by molar-refractivity contribution is -0.180. The molecule has 6 nitrogen and oxygen atoms in total. The molecule has 1 aromatic carbocycles. The Bertz CT molecular complexity index is 656. The lowest BCUT2D eigenvalue weighted by Gasteiger charge is -2.39. The van der Waals surface area contributed by atoms with Gasteiger partial charge in [0.1, 0.15) is 11.1 Å². The zero-order chi connectivity index (χ0) is 19.5. The van der Waals surface area contributed by atoms with Gasteiger partial charge in [-0.1, -0.05) is 28.1 Å². The summed E-state index contributed by atoms with van der Waals surface area (Å²) in [4.78, 5) is 32.7. The molecule has 0 radical (unpaired) electrons. The lowest BCUT2D eigenvalue weighted by Crippen LogP contribution is -2.59. The van der Waals surface area contributed by atoms with Gasteiger partial charge in [-0.25, -0.2) is 9.86 Å². The highest BCUT2D eigenvalue weighted by Crippen LogP contribution is 2.36. The van der Waals surface area contributed by atoms with E-state index in [-0.39, 0.29) is 5.91 Å². The van der Waals surface area contributed by atoms with E-state index >= 15 is 0 Å². The van der Waals surface area contributed by atoms with Crippen LogP contribution in [0.4, 0.5) is 4.79 Å². The van der Waals surface area contributed by atoms with Crippen LogP contribution in [0.25, 0.3) is 0 Å². The average Bonchev–Trinajstić information content (AvgIpc) is 2.99. The molecule has 1 fully saturated rings. The number of likely N-dealkylation sites (N-methyl/N-ethyl adjacent to an activating group) is 1. The SMILES string of the molecule is CON(C)C(=O)C1(Cc2ccc(Br)cc2)CCCN1C(=O)OC(C)(C)C. The summed E-state index contributed by atoms with van der Waals surface area (Å²) in [6.45, 7) is 5.94. The highest BCUT2D eigenvalue weighted by Gasteiger charge is 2.52. The van der Waals surface area contributed by atoms with Gasteiger partial charge in [0.2, 0.25) is 0 Å². The summed E-state index contributed by atoms with van der Waals surface area (Å²) >= 11 is 3.42. The van der Waals surface area contributed by atoms with Gasteiger partial charge in [-0.3, -0.25) is 14.5 Å². The molecule has 26 heavy (non-hydrogen) atoms. The van der Waals surface area contributed by atoms with Crippen molar-refractivity contribution in [2.45, 2.75) is 51.2 Å². The maximum Gasteiger partial charge on any atom is 0.411 e. The number of hydrogen-bond donors (Lipinski definition) is 0. The first-order chi connectivity index (χ1) is 12.1. The van der Waals surface area contributed by atoms with E-state index in [4.69, 9.17) is 9.57 Å². The number of ether oxygens (including phenoxy) is 1. The van der Waals surface area contributed by atoms with Crippen LogP contribution in [0.15, 0.2) is 28.7 Å². The van der Waals surface area contributed by atoms with Crippen molar-refractivity contribution < 1.29 is 19.2 Å². The molecule has 0 saturated carbocycles. The Kier molecular flexibility index (Phi) is 6.34. The van der Waals surface area contributed by atoms with Crippen LogP contribution in [0, 0.1) is 0 Å². The number of nitrogens with zero attached hydrogens (tertiary/aromatic N) is 2. The first-order valence-electron chi connectivity index (χ1n) is 8.66. The summed E-state index contributed by atoms with van der Waals surface area (Å²) in [5.41, 5.74) is -0.665. The zero-order valence-electron chi connectivity index (χ0n) is 16.0. The monoisotopic (exact) mass is 426 g/mol. The third-order valence-corrected chi connectivity index (χ3v) is 5.00. The van der Waals surface area contributed by atoms with Crippen molar-refractivity contribution in [2.24, 2.45) is 0 Å². The normalized spacial score (nSPS) is 20.2. The molecule has 2 amide bonds. The number of amides is 2. The molecule has 1 atom stereocenters. The van der Waals surface area contributed by atoms with Gasteiger partial charge < -0.3 is 4.74 Å². The summed E-state index contributed by atoms with van der Waals surface area (Å²) in [7, 11) is 3.01. The quantitative estimate of drug-likeness (QED) is 0.687. The average molecular weight is 427 g/mol. The van der Waals surface area contributed by atoms with E-state index in [9.17, 15) is 9.59 Å². The number of halogens is 1. The topological polar surface area (TPSA) is 59.1 Å². The Balaban J connectivity index is 2.40. The van der Waals surface area contributed by atoms with Gasteiger partial charge in [-0.15, -0.1) is 0 Å². The second-order valence-corrected chi connectivity index (χ2v) is 8.47. The van der Waals surface area contributed by atoms with Crippen molar-refractivity contribution >= 4 is 27.9 Å². The van der Waals surface area contributed by atoms with Gasteiger partial charge in [-0.2, -0.15) is 0 Å². The lowest BCUT2D eigenvalue weighted by atomic mass is 9.87. The predicted molar refractivity (Wildman–Crippen MR) is 103 cm³/mol. The molecule has 2 rings (SSSR count). The van der Waals surface area contributed by atoms with Crippen LogP contribution in [-0.4, -0.2) is 53.8 Å². The van der Waals surface area contributed by atoms with E-state index in [0.29, 0.717) is 19.4 Å². The standard InChI is InChI=1S/C19H27BrN2O4/c1-18(2,3)26-17(24)22-12-6-11-19(22,16(23)21(4)25-5)13-14-7-9-15(20)10-8-14/h7-10H,6,11-13H2,1-5H3. The minimum atomic E-state index is -1.01. The first-order valence-corrected chi connectivity index (χ1v) is 9.46. The Morgan fingerprint density at radius 1 is 1.27 bits per heavy atom. The van der Waals surface area contributed by atoms with E-state index in [1.54, 1.807) is 11.9 Å². The molecule has 1 aliphatic heterocycles. The molecule has 1 unspecified atom stereocenters. The Morgan fingerprint density at radius 2 is 1.88 bits per heavy atom. The number of rotatable bonds is 4.